The summed E-state index contributed by atoms with van der Waals surface area (Å²) in [6.07, 6.45) is 0.865. The standard InChI is InChI=1S/C14H17N3O7/c1-4-23-12(19)14(16-9(3)18,13(20)24-5-2)11-7-6-10(8-15-11)17(21)22/h6-8H,4-5H2,1-3H3,(H,16,18). The molecule has 1 aromatic heterocycles. The van der Waals surface area contributed by atoms with Gasteiger partial charge >= 0.3 is 11.9 Å². The number of hydrogen-bond donors (Lipinski definition) is 1. The average Bonchev–Trinajstić information content (AvgIpc) is 2.52. The summed E-state index contributed by atoms with van der Waals surface area (Å²) in [6.45, 7) is 4.01. The minimum absolute atomic E-state index is 0.0629. The van der Waals surface area contributed by atoms with Crippen LogP contribution < -0.4 is 5.32 Å². The molecule has 130 valence electrons. The van der Waals surface area contributed by atoms with Crippen LogP contribution in [-0.4, -0.2) is 41.0 Å². The van der Waals surface area contributed by atoms with Crippen LogP contribution >= 0.6 is 0 Å². The van der Waals surface area contributed by atoms with Gasteiger partial charge in [-0.3, -0.25) is 19.9 Å². The highest BCUT2D eigenvalue weighted by molar-refractivity contribution is 6.08. The predicted octanol–water partition coefficient (Wildman–Crippen LogP) is 0.447. The Balaban J connectivity index is 3.52. The molecular weight excluding hydrogens is 322 g/mol. The zero-order valence-corrected chi connectivity index (χ0v) is 13.4. The third kappa shape index (κ3) is 3.83. The number of pyridine rings is 1. The quantitative estimate of drug-likeness (QED) is 0.327. The van der Waals surface area contributed by atoms with Gasteiger partial charge in [0.05, 0.1) is 23.8 Å². The number of rotatable bonds is 7. The first-order valence-corrected chi connectivity index (χ1v) is 7.03. The maximum atomic E-state index is 12.4. The lowest BCUT2D eigenvalue weighted by Crippen LogP contribution is -2.58. The fourth-order valence-corrected chi connectivity index (χ4v) is 1.92. The van der Waals surface area contributed by atoms with Crippen LogP contribution in [0.25, 0.3) is 0 Å². The van der Waals surface area contributed by atoms with Crippen LogP contribution in [0.4, 0.5) is 5.69 Å². The van der Waals surface area contributed by atoms with E-state index >= 15 is 0 Å². The minimum Gasteiger partial charge on any atom is -0.463 e. The highest BCUT2D eigenvalue weighted by Crippen LogP contribution is 2.25. The number of hydrogen-bond acceptors (Lipinski definition) is 8. The van der Waals surface area contributed by atoms with Crippen molar-refractivity contribution in [2.24, 2.45) is 0 Å². The Kier molecular flexibility index (Phi) is 6.33. The van der Waals surface area contributed by atoms with E-state index < -0.39 is 28.3 Å². The van der Waals surface area contributed by atoms with Crippen LogP contribution in [0, 0.1) is 10.1 Å². The Labute approximate surface area is 137 Å². The van der Waals surface area contributed by atoms with Crippen molar-refractivity contribution >= 4 is 23.5 Å². The lowest BCUT2D eigenvalue weighted by molar-refractivity contribution is -0.385. The van der Waals surface area contributed by atoms with Gasteiger partial charge in [-0.15, -0.1) is 0 Å². The molecule has 1 amide bonds. The van der Waals surface area contributed by atoms with E-state index in [4.69, 9.17) is 9.47 Å². The fraction of sp³-hybridized carbons (Fsp3) is 0.429. The van der Waals surface area contributed by atoms with Gasteiger partial charge in [0.2, 0.25) is 5.91 Å². The third-order valence-electron chi connectivity index (χ3n) is 2.87. The van der Waals surface area contributed by atoms with Crippen molar-refractivity contribution < 1.29 is 28.8 Å². The molecule has 0 aliphatic heterocycles. The molecule has 1 aromatic rings. The summed E-state index contributed by atoms with van der Waals surface area (Å²) in [6, 6.07) is 2.14. The molecule has 1 N–H and O–H groups in total. The number of ether oxygens (including phenoxy) is 2. The maximum Gasteiger partial charge on any atom is 0.350 e. The SMILES string of the molecule is CCOC(=O)C(NC(C)=O)(C(=O)OCC)c1ccc([N+](=O)[O-])cn1. The van der Waals surface area contributed by atoms with Crippen molar-refractivity contribution in [2.45, 2.75) is 26.3 Å². The number of nitrogens with zero attached hydrogens (tertiary/aromatic N) is 2. The molecule has 0 atom stereocenters. The summed E-state index contributed by atoms with van der Waals surface area (Å²) in [5.74, 6) is -2.91. The zero-order chi connectivity index (χ0) is 18.3. The number of aromatic nitrogens is 1. The van der Waals surface area contributed by atoms with E-state index in [0.717, 1.165) is 25.3 Å². The van der Waals surface area contributed by atoms with E-state index in [1.807, 2.05) is 0 Å². The molecule has 1 heterocycles. The fourth-order valence-electron chi connectivity index (χ4n) is 1.92. The van der Waals surface area contributed by atoms with E-state index in [1.54, 1.807) is 0 Å². The number of nitro groups is 1. The lowest BCUT2D eigenvalue weighted by Gasteiger charge is -2.28. The van der Waals surface area contributed by atoms with E-state index in [2.05, 4.69) is 10.3 Å². The van der Waals surface area contributed by atoms with Gasteiger partial charge in [-0.25, -0.2) is 9.59 Å². The Morgan fingerprint density at radius 3 is 2.08 bits per heavy atom. The molecule has 0 spiro atoms. The second-order valence-electron chi connectivity index (χ2n) is 4.53. The van der Waals surface area contributed by atoms with Gasteiger partial charge in [0, 0.05) is 13.0 Å². The van der Waals surface area contributed by atoms with Gasteiger partial charge in [-0.2, -0.15) is 0 Å². The summed E-state index contributed by atoms with van der Waals surface area (Å²) in [7, 11) is 0. The second-order valence-corrected chi connectivity index (χ2v) is 4.53. The molecule has 1 rings (SSSR count). The van der Waals surface area contributed by atoms with Gasteiger partial charge in [-0.1, -0.05) is 0 Å². The molecule has 0 unspecified atom stereocenters. The predicted molar refractivity (Wildman–Crippen MR) is 79.7 cm³/mol. The van der Waals surface area contributed by atoms with Crippen molar-refractivity contribution in [3.05, 3.63) is 34.1 Å². The Hall–Kier alpha value is -3.04. The van der Waals surface area contributed by atoms with Gasteiger partial charge < -0.3 is 14.8 Å². The molecule has 0 aliphatic carbocycles. The monoisotopic (exact) mass is 339 g/mol. The number of carbonyl (C=O) groups is 3. The summed E-state index contributed by atoms with van der Waals surface area (Å²) < 4.78 is 9.76. The molecule has 24 heavy (non-hydrogen) atoms. The van der Waals surface area contributed by atoms with Crippen LogP contribution in [0.3, 0.4) is 0 Å². The smallest absolute Gasteiger partial charge is 0.350 e. The first-order chi connectivity index (χ1) is 11.3. The van der Waals surface area contributed by atoms with Crippen molar-refractivity contribution in [1.82, 2.24) is 10.3 Å². The summed E-state index contributed by atoms with van der Waals surface area (Å²) >= 11 is 0. The summed E-state index contributed by atoms with van der Waals surface area (Å²) in [4.78, 5) is 50.2. The van der Waals surface area contributed by atoms with E-state index in [0.29, 0.717) is 0 Å². The van der Waals surface area contributed by atoms with Gasteiger partial charge in [-0.05, 0) is 19.9 Å². The molecule has 0 aliphatic rings. The summed E-state index contributed by atoms with van der Waals surface area (Å²) in [5, 5.41) is 12.9. The van der Waals surface area contributed by atoms with Crippen LogP contribution in [-0.2, 0) is 29.4 Å². The molecule has 10 heteroatoms. The molecule has 0 fully saturated rings. The van der Waals surface area contributed by atoms with Gasteiger partial charge in [0.25, 0.3) is 11.2 Å². The van der Waals surface area contributed by atoms with Crippen molar-refractivity contribution in [2.75, 3.05) is 13.2 Å². The number of amides is 1. The Morgan fingerprint density at radius 2 is 1.75 bits per heavy atom. The molecule has 0 saturated carbocycles. The number of nitrogens with one attached hydrogen (secondary N) is 1. The van der Waals surface area contributed by atoms with E-state index in [9.17, 15) is 24.5 Å². The molecular formula is C14H17N3O7. The zero-order valence-electron chi connectivity index (χ0n) is 13.4. The largest absolute Gasteiger partial charge is 0.463 e. The number of carbonyl (C=O) groups excluding carboxylic acids is 3. The Bertz CT molecular complexity index is 624. The summed E-state index contributed by atoms with van der Waals surface area (Å²) in [5.41, 5.74) is -2.93. The molecule has 0 aromatic carbocycles. The third-order valence-corrected chi connectivity index (χ3v) is 2.87. The Morgan fingerprint density at radius 1 is 1.21 bits per heavy atom. The topological polar surface area (TPSA) is 138 Å². The highest BCUT2D eigenvalue weighted by Gasteiger charge is 2.53. The van der Waals surface area contributed by atoms with E-state index in [1.165, 1.54) is 13.8 Å². The molecule has 10 nitrogen and oxygen atoms in total. The molecule has 0 saturated heterocycles. The number of esters is 2. The van der Waals surface area contributed by atoms with Crippen molar-refractivity contribution in [3.63, 3.8) is 0 Å². The van der Waals surface area contributed by atoms with Crippen molar-refractivity contribution in [1.29, 1.82) is 0 Å². The van der Waals surface area contributed by atoms with Crippen LogP contribution in [0.15, 0.2) is 18.3 Å². The lowest BCUT2D eigenvalue weighted by atomic mass is 9.94. The van der Waals surface area contributed by atoms with Crippen LogP contribution in [0.5, 0.6) is 0 Å². The first-order valence-electron chi connectivity index (χ1n) is 7.03. The minimum atomic E-state index is -2.34. The molecule has 0 bridgehead atoms. The first kappa shape index (κ1) is 19.0. The van der Waals surface area contributed by atoms with Crippen molar-refractivity contribution in [3.8, 4) is 0 Å². The van der Waals surface area contributed by atoms with Gasteiger partial charge in [0.1, 0.15) is 6.20 Å². The van der Waals surface area contributed by atoms with Crippen LogP contribution in [0.1, 0.15) is 26.5 Å². The maximum absolute atomic E-state index is 12.4. The normalized spacial score (nSPS) is 10.6. The second kappa shape index (κ2) is 7.99. The van der Waals surface area contributed by atoms with Crippen LogP contribution in [0.2, 0.25) is 0 Å². The van der Waals surface area contributed by atoms with Gasteiger partial charge in [0.15, 0.2) is 0 Å². The van der Waals surface area contributed by atoms with E-state index in [-0.39, 0.29) is 24.6 Å². The highest BCUT2D eigenvalue weighted by atomic mass is 16.6. The average molecular weight is 339 g/mol. The molecule has 0 radical (unpaired) electrons.